The predicted molar refractivity (Wildman–Crippen MR) is 143 cm³/mol. The number of methoxy groups -OCH3 is 1. The Kier molecular flexibility index (Phi) is 9.45. The van der Waals surface area contributed by atoms with Gasteiger partial charge in [0.15, 0.2) is 0 Å². The van der Waals surface area contributed by atoms with Crippen LogP contribution >= 0.6 is 0 Å². The zero-order chi connectivity index (χ0) is 28.0. The van der Waals surface area contributed by atoms with Gasteiger partial charge < -0.3 is 19.8 Å². The predicted octanol–water partition coefficient (Wildman–Crippen LogP) is 6.12. The molecule has 1 saturated heterocycles. The number of carboxylic acid groups (broad SMARTS) is 1. The number of rotatable bonds is 11. The molecule has 6 nitrogen and oxygen atoms in total. The van der Waals surface area contributed by atoms with E-state index in [0.717, 1.165) is 60.1 Å². The Morgan fingerprint density at radius 1 is 1.15 bits per heavy atom. The maximum absolute atomic E-state index is 12.8. The quantitative estimate of drug-likeness (QED) is 0.303. The molecule has 1 unspecified atom stereocenters. The van der Waals surface area contributed by atoms with Gasteiger partial charge >= 0.3 is 12.1 Å². The topological polar surface area (TPSA) is 82.9 Å². The molecule has 3 atom stereocenters. The number of aliphatic carboxylic acids is 1. The Bertz CT molecular complexity index is 1250. The number of pyridine rings is 1. The number of aliphatic hydroxyl groups excluding tert-OH is 1. The Morgan fingerprint density at radius 2 is 1.92 bits per heavy atom. The summed E-state index contributed by atoms with van der Waals surface area (Å²) in [5.41, 5.74) is 1.78. The lowest BCUT2D eigenvalue weighted by Crippen LogP contribution is -2.42. The Balaban J connectivity index is 1.32. The van der Waals surface area contributed by atoms with Crippen molar-refractivity contribution in [1.82, 2.24) is 9.88 Å². The highest BCUT2D eigenvalue weighted by atomic mass is 19.4. The molecule has 0 spiro atoms. The number of fused-ring (bicyclic) bond motifs is 1. The van der Waals surface area contributed by atoms with E-state index in [0.29, 0.717) is 31.6 Å². The van der Waals surface area contributed by atoms with Gasteiger partial charge in [-0.3, -0.25) is 9.78 Å². The average Bonchev–Trinajstić information content (AvgIpc) is 2.91. The van der Waals surface area contributed by atoms with E-state index >= 15 is 0 Å². The molecule has 210 valence electrons. The lowest BCUT2D eigenvalue weighted by molar-refractivity contribution is -0.139. The minimum Gasteiger partial charge on any atom is -0.497 e. The molecule has 39 heavy (non-hydrogen) atoms. The van der Waals surface area contributed by atoms with Crippen LogP contribution in [0.1, 0.15) is 54.9 Å². The smallest absolute Gasteiger partial charge is 0.416 e. The van der Waals surface area contributed by atoms with E-state index in [9.17, 15) is 28.2 Å². The summed E-state index contributed by atoms with van der Waals surface area (Å²) in [5.74, 6) is 0.0221. The summed E-state index contributed by atoms with van der Waals surface area (Å²) >= 11 is 0. The van der Waals surface area contributed by atoms with Crippen molar-refractivity contribution in [1.29, 1.82) is 0 Å². The van der Waals surface area contributed by atoms with Gasteiger partial charge in [0.2, 0.25) is 0 Å². The van der Waals surface area contributed by atoms with E-state index in [-0.39, 0.29) is 18.3 Å². The molecule has 0 radical (unpaired) electrons. The van der Waals surface area contributed by atoms with Gasteiger partial charge in [0.25, 0.3) is 0 Å². The zero-order valence-electron chi connectivity index (χ0n) is 22.0. The Labute approximate surface area is 226 Å². The molecule has 0 saturated carbocycles. The highest BCUT2D eigenvalue weighted by molar-refractivity contribution is 5.83. The number of ether oxygens (including phenoxy) is 1. The number of alkyl halides is 3. The fraction of sp³-hybridized carbons (Fsp3) is 0.467. The summed E-state index contributed by atoms with van der Waals surface area (Å²) < 4.78 is 43.7. The molecule has 0 amide bonds. The van der Waals surface area contributed by atoms with Crippen LogP contribution in [0.2, 0.25) is 0 Å². The fourth-order valence-electron chi connectivity index (χ4n) is 5.65. The van der Waals surface area contributed by atoms with Crippen molar-refractivity contribution in [2.75, 3.05) is 26.7 Å². The number of aryl methyl sites for hydroxylation is 1. The maximum atomic E-state index is 12.8. The van der Waals surface area contributed by atoms with E-state index in [1.165, 1.54) is 12.1 Å². The van der Waals surface area contributed by atoms with Crippen LogP contribution in [0.4, 0.5) is 13.2 Å². The summed E-state index contributed by atoms with van der Waals surface area (Å²) in [4.78, 5) is 18.3. The molecule has 0 bridgehead atoms. The summed E-state index contributed by atoms with van der Waals surface area (Å²) in [7, 11) is 1.59. The number of halogens is 3. The number of hydrogen-bond acceptors (Lipinski definition) is 5. The third kappa shape index (κ3) is 7.70. The largest absolute Gasteiger partial charge is 0.497 e. The number of aliphatic hydroxyl groups is 1. The fourth-order valence-corrected chi connectivity index (χ4v) is 5.65. The molecule has 0 aliphatic carbocycles. The SMILES string of the molecule is COc1ccc2nccc(C(O)CC[C@@H]3CCN(CCCc4ccc(C(F)(F)F)cc4)C[C@@H]3CC(=O)O)c2c1. The van der Waals surface area contributed by atoms with Crippen molar-refractivity contribution in [2.24, 2.45) is 11.8 Å². The lowest BCUT2D eigenvalue weighted by atomic mass is 9.79. The van der Waals surface area contributed by atoms with Crippen molar-refractivity contribution in [2.45, 2.75) is 50.8 Å². The number of benzene rings is 2. The van der Waals surface area contributed by atoms with Crippen LogP contribution in [-0.2, 0) is 17.4 Å². The Morgan fingerprint density at radius 3 is 2.62 bits per heavy atom. The third-order valence-electron chi connectivity index (χ3n) is 7.79. The van der Waals surface area contributed by atoms with Crippen molar-refractivity contribution < 1.29 is 32.9 Å². The van der Waals surface area contributed by atoms with Gasteiger partial charge in [0, 0.05) is 24.5 Å². The van der Waals surface area contributed by atoms with Crippen LogP contribution in [0.5, 0.6) is 5.75 Å². The van der Waals surface area contributed by atoms with E-state index in [4.69, 9.17) is 4.74 Å². The number of carbonyl (C=O) groups is 1. The van der Waals surface area contributed by atoms with Gasteiger partial charge in [-0.05, 0) is 105 Å². The molecule has 2 N–H and O–H groups in total. The molecule has 4 rings (SSSR count). The van der Waals surface area contributed by atoms with Gasteiger partial charge in [-0.15, -0.1) is 0 Å². The van der Waals surface area contributed by atoms with E-state index in [1.54, 1.807) is 13.3 Å². The first-order valence-corrected chi connectivity index (χ1v) is 13.3. The monoisotopic (exact) mass is 544 g/mol. The van der Waals surface area contributed by atoms with Crippen LogP contribution in [0.25, 0.3) is 10.9 Å². The minimum absolute atomic E-state index is 0.0243. The average molecular weight is 545 g/mol. The molecule has 2 heterocycles. The molecule has 1 fully saturated rings. The molecule has 1 aliphatic rings. The zero-order valence-corrected chi connectivity index (χ0v) is 22.0. The number of piperidine rings is 1. The minimum atomic E-state index is -4.34. The van der Waals surface area contributed by atoms with Crippen molar-refractivity contribution >= 4 is 16.9 Å². The van der Waals surface area contributed by atoms with Gasteiger partial charge in [0.05, 0.1) is 24.3 Å². The Hall–Kier alpha value is -3.17. The summed E-state index contributed by atoms with van der Waals surface area (Å²) in [5, 5.41) is 21.4. The highest BCUT2D eigenvalue weighted by Crippen LogP contribution is 2.35. The van der Waals surface area contributed by atoms with Gasteiger partial charge in [-0.1, -0.05) is 12.1 Å². The van der Waals surface area contributed by atoms with Gasteiger partial charge in [0.1, 0.15) is 5.75 Å². The van der Waals surface area contributed by atoms with Crippen LogP contribution in [0.15, 0.2) is 54.7 Å². The molecule has 3 aromatic rings. The normalized spacial score (nSPS) is 19.2. The molecule has 1 aliphatic heterocycles. The van der Waals surface area contributed by atoms with Gasteiger partial charge in [-0.25, -0.2) is 0 Å². The van der Waals surface area contributed by atoms with Crippen molar-refractivity contribution in [3.63, 3.8) is 0 Å². The molecule has 9 heteroatoms. The summed E-state index contributed by atoms with van der Waals surface area (Å²) in [6, 6.07) is 12.7. The number of likely N-dealkylation sites (tertiary alicyclic amines) is 1. The van der Waals surface area contributed by atoms with Crippen LogP contribution in [0.3, 0.4) is 0 Å². The van der Waals surface area contributed by atoms with Crippen molar-refractivity contribution in [3.8, 4) is 5.75 Å². The second-order valence-electron chi connectivity index (χ2n) is 10.4. The third-order valence-corrected chi connectivity index (χ3v) is 7.79. The summed E-state index contributed by atoms with van der Waals surface area (Å²) in [6.07, 6.45) is 0.251. The molecule has 2 aromatic carbocycles. The number of aromatic nitrogens is 1. The highest BCUT2D eigenvalue weighted by Gasteiger charge is 2.32. The second kappa shape index (κ2) is 12.8. The molecule has 1 aromatic heterocycles. The van der Waals surface area contributed by atoms with E-state index in [2.05, 4.69) is 9.88 Å². The van der Waals surface area contributed by atoms with Crippen LogP contribution in [-0.4, -0.2) is 52.8 Å². The van der Waals surface area contributed by atoms with Crippen molar-refractivity contribution in [3.05, 3.63) is 71.4 Å². The maximum Gasteiger partial charge on any atom is 0.416 e. The second-order valence-corrected chi connectivity index (χ2v) is 10.4. The lowest BCUT2D eigenvalue weighted by Gasteiger charge is -2.38. The van der Waals surface area contributed by atoms with Crippen LogP contribution < -0.4 is 4.74 Å². The summed E-state index contributed by atoms with van der Waals surface area (Å²) in [6.45, 7) is 2.26. The molecular formula is C30H35F3N2O4. The van der Waals surface area contributed by atoms with E-state index in [1.807, 2.05) is 24.3 Å². The number of carboxylic acids is 1. The first kappa shape index (κ1) is 28.8. The standard InChI is InChI=1S/C30H35F3N2O4/c1-39-24-9-10-27-26(18-24)25(12-14-34-27)28(36)11-6-21-13-16-35(19-22(21)17-29(37)38)15-2-3-20-4-7-23(8-5-20)30(31,32)33/h4-5,7-10,12,14,18,21-22,28,36H,2-3,6,11,13,15-17,19H2,1H3,(H,37,38)/t21-,22+,28?/m1/s1. The first-order chi connectivity index (χ1) is 18.6. The first-order valence-electron chi connectivity index (χ1n) is 13.3. The number of hydrogen-bond donors (Lipinski definition) is 2. The van der Waals surface area contributed by atoms with Gasteiger partial charge in [-0.2, -0.15) is 13.2 Å². The van der Waals surface area contributed by atoms with E-state index < -0.39 is 23.8 Å². The number of nitrogens with zero attached hydrogens (tertiary/aromatic N) is 2. The van der Waals surface area contributed by atoms with Crippen LogP contribution in [0, 0.1) is 11.8 Å². The molecular weight excluding hydrogens is 509 g/mol.